The summed E-state index contributed by atoms with van der Waals surface area (Å²) in [4.78, 5) is 0.0183. The molecule has 0 fully saturated rings. The minimum Gasteiger partial charge on any atom is -0.207 e. The molecule has 0 aliphatic rings. The predicted octanol–water partition coefficient (Wildman–Crippen LogP) is 4.81. The lowest BCUT2D eigenvalue weighted by atomic mass is 10.0. The van der Waals surface area contributed by atoms with Gasteiger partial charge < -0.3 is 0 Å². The Hall–Kier alpha value is -1.15. The van der Waals surface area contributed by atoms with E-state index in [0.29, 0.717) is 0 Å². The summed E-state index contributed by atoms with van der Waals surface area (Å²) in [6, 6.07) is 15.3. The summed E-state index contributed by atoms with van der Waals surface area (Å²) in [5.41, 5.74) is 3.02. The number of halogens is 2. The quantitative estimate of drug-likeness (QED) is 0.712. The van der Waals surface area contributed by atoms with Gasteiger partial charge in [-0.1, -0.05) is 64.0 Å². The van der Waals surface area contributed by atoms with Crippen LogP contribution in [0.4, 0.5) is 4.39 Å². The average Bonchev–Trinajstić information content (AvgIpc) is 2.33. The van der Waals surface area contributed by atoms with Crippen molar-refractivity contribution in [2.45, 2.75) is 18.2 Å². The summed E-state index contributed by atoms with van der Waals surface area (Å²) >= 11 is 3.57. The van der Waals surface area contributed by atoms with Gasteiger partial charge in [-0.25, -0.2) is 4.39 Å². The summed E-state index contributed by atoms with van der Waals surface area (Å²) in [6.45, 7) is 1.98. The molecule has 2 aromatic carbocycles. The second-order valence-electron chi connectivity index (χ2n) is 4.18. The van der Waals surface area contributed by atoms with E-state index in [0.717, 1.165) is 17.5 Å². The lowest BCUT2D eigenvalue weighted by molar-refractivity contribution is 0.607. The molecule has 17 heavy (non-hydrogen) atoms. The molecular formula is C15H14BrF. The van der Waals surface area contributed by atoms with Crippen molar-refractivity contribution < 1.29 is 4.39 Å². The number of hydrogen-bond donors (Lipinski definition) is 0. The highest BCUT2D eigenvalue weighted by molar-refractivity contribution is 9.09. The zero-order chi connectivity index (χ0) is 12.3. The Morgan fingerprint density at radius 2 is 1.82 bits per heavy atom. The maximum absolute atomic E-state index is 13.7. The molecule has 0 saturated carbocycles. The van der Waals surface area contributed by atoms with E-state index in [9.17, 15) is 4.39 Å². The summed E-state index contributed by atoms with van der Waals surface area (Å²) < 4.78 is 13.7. The van der Waals surface area contributed by atoms with Gasteiger partial charge in [0.15, 0.2) is 0 Å². The van der Waals surface area contributed by atoms with E-state index < -0.39 is 0 Å². The molecule has 0 bridgehead atoms. The first-order chi connectivity index (χ1) is 8.16. The van der Waals surface area contributed by atoms with Gasteiger partial charge in [-0.2, -0.15) is 0 Å². The maximum Gasteiger partial charge on any atom is 0.127 e. The summed E-state index contributed by atoms with van der Waals surface area (Å²) in [5.74, 6) is -0.145. The highest BCUT2D eigenvalue weighted by Gasteiger charge is 2.13. The van der Waals surface area contributed by atoms with Crippen LogP contribution >= 0.6 is 15.9 Å². The Morgan fingerprint density at radius 1 is 1.12 bits per heavy atom. The molecule has 0 nitrogen and oxygen atoms in total. The second-order valence-corrected chi connectivity index (χ2v) is 5.29. The number of alkyl halides is 1. The maximum atomic E-state index is 13.7. The standard InChI is InChI=1S/C15H14BrF/c1-11-7-8-15(17)13(9-11)14(16)10-12-5-3-2-4-6-12/h2-9,14H,10H2,1H3. The molecular weight excluding hydrogens is 279 g/mol. The van der Waals surface area contributed by atoms with Crippen molar-refractivity contribution in [2.75, 3.05) is 0 Å². The van der Waals surface area contributed by atoms with Gasteiger partial charge in [0.25, 0.3) is 0 Å². The molecule has 2 rings (SSSR count). The van der Waals surface area contributed by atoms with E-state index in [1.165, 1.54) is 11.6 Å². The van der Waals surface area contributed by atoms with Gasteiger partial charge >= 0.3 is 0 Å². The second kappa shape index (κ2) is 5.46. The zero-order valence-electron chi connectivity index (χ0n) is 9.66. The van der Waals surface area contributed by atoms with E-state index in [1.807, 2.05) is 31.2 Å². The number of hydrogen-bond acceptors (Lipinski definition) is 0. The van der Waals surface area contributed by atoms with Gasteiger partial charge in [0.2, 0.25) is 0 Å². The molecule has 0 amide bonds. The van der Waals surface area contributed by atoms with Crippen molar-refractivity contribution >= 4 is 15.9 Å². The monoisotopic (exact) mass is 292 g/mol. The van der Waals surface area contributed by atoms with Crippen LogP contribution < -0.4 is 0 Å². The summed E-state index contributed by atoms with van der Waals surface area (Å²) in [7, 11) is 0. The molecule has 0 N–H and O–H groups in total. The Balaban J connectivity index is 2.20. The van der Waals surface area contributed by atoms with Crippen molar-refractivity contribution in [3.63, 3.8) is 0 Å². The molecule has 1 unspecified atom stereocenters. The van der Waals surface area contributed by atoms with Crippen LogP contribution in [0.2, 0.25) is 0 Å². The molecule has 2 aromatic rings. The molecule has 0 aliphatic carbocycles. The van der Waals surface area contributed by atoms with Crippen LogP contribution in [0.3, 0.4) is 0 Å². The molecule has 0 aliphatic heterocycles. The lowest BCUT2D eigenvalue weighted by Gasteiger charge is -2.12. The highest BCUT2D eigenvalue weighted by atomic mass is 79.9. The van der Waals surface area contributed by atoms with Crippen molar-refractivity contribution in [1.82, 2.24) is 0 Å². The topological polar surface area (TPSA) is 0 Å². The van der Waals surface area contributed by atoms with E-state index in [1.54, 1.807) is 6.07 Å². The van der Waals surface area contributed by atoms with Crippen molar-refractivity contribution in [3.05, 3.63) is 71.0 Å². The third-order valence-corrected chi connectivity index (χ3v) is 3.56. The van der Waals surface area contributed by atoms with E-state index >= 15 is 0 Å². The van der Waals surface area contributed by atoms with Crippen LogP contribution in [0.1, 0.15) is 21.5 Å². The van der Waals surface area contributed by atoms with E-state index in [2.05, 4.69) is 28.1 Å². The molecule has 0 heterocycles. The third-order valence-electron chi connectivity index (χ3n) is 2.75. The number of aryl methyl sites for hydroxylation is 1. The first-order valence-electron chi connectivity index (χ1n) is 5.61. The van der Waals surface area contributed by atoms with Gasteiger partial charge in [-0.05, 0) is 25.0 Å². The zero-order valence-corrected chi connectivity index (χ0v) is 11.2. The third kappa shape index (κ3) is 3.16. The SMILES string of the molecule is Cc1ccc(F)c(C(Br)Cc2ccccc2)c1. The van der Waals surface area contributed by atoms with Crippen LogP contribution in [-0.2, 0) is 6.42 Å². The molecule has 0 spiro atoms. The Labute approximate surface area is 110 Å². The number of rotatable bonds is 3. The van der Waals surface area contributed by atoms with Gasteiger partial charge in [-0.3, -0.25) is 0 Å². The average molecular weight is 293 g/mol. The van der Waals surface area contributed by atoms with Crippen LogP contribution in [-0.4, -0.2) is 0 Å². The van der Waals surface area contributed by atoms with E-state index in [-0.39, 0.29) is 10.6 Å². The fourth-order valence-electron chi connectivity index (χ4n) is 1.83. The Kier molecular flexibility index (Phi) is 3.95. The normalized spacial score (nSPS) is 12.4. The van der Waals surface area contributed by atoms with Gasteiger partial charge in [-0.15, -0.1) is 0 Å². The fraction of sp³-hybridized carbons (Fsp3) is 0.200. The lowest BCUT2D eigenvalue weighted by Crippen LogP contribution is -1.99. The molecule has 0 radical (unpaired) electrons. The number of benzene rings is 2. The summed E-state index contributed by atoms with van der Waals surface area (Å²) in [6.07, 6.45) is 0.793. The predicted molar refractivity (Wildman–Crippen MR) is 73.0 cm³/mol. The Morgan fingerprint density at radius 3 is 2.53 bits per heavy atom. The fourth-order valence-corrected chi connectivity index (χ4v) is 2.56. The van der Waals surface area contributed by atoms with Gasteiger partial charge in [0, 0.05) is 10.4 Å². The molecule has 1 atom stereocenters. The van der Waals surface area contributed by atoms with E-state index in [4.69, 9.17) is 0 Å². The van der Waals surface area contributed by atoms with Crippen LogP contribution in [0, 0.1) is 12.7 Å². The smallest absolute Gasteiger partial charge is 0.127 e. The van der Waals surface area contributed by atoms with Crippen molar-refractivity contribution in [1.29, 1.82) is 0 Å². The van der Waals surface area contributed by atoms with Gasteiger partial charge in [0.1, 0.15) is 5.82 Å². The largest absolute Gasteiger partial charge is 0.207 e. The van der Waals surface area contributed by atoms with Crippen LogP contribution in [0.15, 0.2) is 48.5 Å². The first kappa shape index (κ1) is 12.3. The molecule has 0 saturated heterocycles. The van der Waals surface area contributed by atoms with Crippen molar-refractivity contribution in [2.24, 2.45) is 0 Å². The van der Waals surface area contributed by atoms with Crippen LogP contribution in [0.5, 0.6) is 0 Å². The Bertz CT molecular complexity index is 494. The first-order valence-corrected chi connectivity index (χ1v) is 6.52. The van der Waals surface area contributed by atoms with Crippen LogP contribution in [0.25, 0.3) is 0 Å². The van der Waals surface area contributed by atoms with Crippen molar-refractivity contribution in [3.8, 4) is 0 Å². The summed E-state index contributed by atoms with van der Waals surface area (Å²) in [5, 5.41) is 0. The molecule has 0 aromatic heterocycles. The molecule has 88 valence electrons. The van der Waals surface area contributed by atoms with Gasteiger partial charge in [0.05, 0.1) is 0 Å². The highest BCUT2D eigenvalue weighted by Crippen LogP contribution is 2.29. The minimum absolute atomic E-state index is 0.0183. The minimum atomic E-state index is -0.145. The molecule has 2 heteroatoms.